The number of hydrogen-bond acceptors (Lipinski definition) is 12. The SMILES string of the molecule is CC1OC(O[C@H]2CCC3(C)C4CCC5(C)C(C6=CC(=O)OC6)CCC5(O)[C@@H]4CC[C@H]3C2)[C@@H](O)C(OC2OC(C)C(N)[C@H](O)C2O)C1N. The molecule has 0 aromatic rings. The fraction of sp³-hybridized carbons (Fsp3) is 0.914. The van der Waals surface area contributed by atoms with Gasteiger partial charge in [-0.25, -0.2) is 4.79 Å². The van der Waals surface area contributed by atoms with Crippen LogP contribution in [0, 0.1) is 34.5 Å². The van der Waals surface area contributed by atoms with Crippen molar-refractivity contribution in [1.29, 1.82) is 0 Å². The highest BCUT2D eigenvalue weighted by atomic mass is 16.7. The summed E-state index contributed by atoms with van der Waals surface area (Å²) in [6.45, 7) is 8.52. The van der Waals surface area contributed by atoms with Crippen LogP contribution in [0.25, 0.3) is 0 Å². The molecule has 13 unspecified atom stereocenters. The first-order valence-corrected chi connectivity index (χ1v) is 17.9. The Morgan fingerprint density at radius 3 is 2.23 bits per heavy atom. The van der Waals surface area contributed by atoms with Gasteiger partial charge in [0.1, 0.15) is 31.0 Å². The van der Waals surface area contributed by atoms with Crippen LogP contribution in [0.2, 0.25) is 0 Å². The Hall–Kier alpha value is -1.19. The Kier molecular flexibility index (Phi) is 8.93. The molecule has 0 spiro atoms. The Balaban J connectivity index is 1.01. The topological polar surface area (TPSA) is 196 Å². The largest absolute Gasteiger partial charge is 0.458 e. The highest BCUT2D eigenvalue weighted by molar-refractivity contribution is 5.85. The molecule has 12 nitrogen and oxygen atoms in total. The highest BCUT2D eigenvalue weighted by Crippen LogP contribution is 2.70. The first kappa shape index (κ1) is 34.3. The molecule has 47 heavy (non-hydrogen) atoms. The van der Waals surface area contributed by atoms with Crippen molar-refractivity contribution in [1.82, 2.24) is 0 Å². The van der Waals surface area contributed by atoms with E-state index in [0.29, 0.717) is 18.4 Å². The molecular weight excluding hydrogens is 608 g/mol. The molecule has 7 rings (SSSR count). The third-order valence-corrected chi connectivity index (χ3v) is 14.4. The van der Waals surface area contributed by atoms with E-state index in [2.05, 4.69) is 13.8 Å². The van der Waals surface area contributed by atoms with Crippen molar-refractivity contribution >= 4 is 5.97 Å². The molecular formula is C35H56N2O10. The Morgan fingerprint density at radius 2 is 1.53 bits per heavy atom. The first-order valence-electron chi connectivity index (χ1n) is 17.9. The maximum Gasteiger partial charge on any atom is 0.331 e. The zero-order valence-electron chi connectivity index (χ0n) is 28.2. The molecule has 266 valence electrons. The summed E-state index contributed by atoms with van der Waals surface area (Å²) in [7, 11) is 0. The Labute approximate surface area is 277 Å². The second-order valence-electron chi connectivity index (χ2n) is 16.5. The summed E-state index contributed by atoms with van der Waals surface area (Å²) >= 11 is 0. The fourth-order valence-electron chi connectivity index (χ4n) is 11.3. The van der Waals surface area contributed by atoms with Gasteiger partial charge in [-0.05, 0) is 106 Å². The molecule has 3 heterocycles. The van der Waals surface area contributed by atoms with Gasteiger partial charge >= 0.3 is 5.97 Å². The molecule has 0 aromatic heterocycles. The lowest BCUT2D eigenvalue weighted by atomic mass is 9.43. The van der Waals surface area contributed by atoms with Gasteiger partial charge in [0.25, 0.3) is 0 Å². The lowest BCUT2D eigenvalue weighted by Crippen LogP contribution is -2.66. The number of aliphatic hydroxyl groups is 4. The first-order chi connectivity index (χ1) is 22.2. The predicted molar refractivity (Wildman–Crippen MR) is 168 cm³/mol. The molecule has 6 fully saturated rings. The Bertz CT molecular complexity index is 1240. The summed E-state index contributed by atoms with van der Waals surface area (Å²) in [5.74, 6) is 0.971. The Morgan fingerprint density at radius 1 is 0.830 bits per heavy atom. The minimum atomic E-state index is -1.40. The number of cyclic esters (lactones) is 1. The van der Waals surface area contributed by atoms with Gasteiger partial charge in [0.05, 0.1) is 36.0 Å². The van der Waals surface area contributed by atoms with Crippen molar-refractivity contribution in [2.45, 2.75) is 158 Å². The highest BCUT2D eigenvalue weighted by Gasteiger charge is 2.68. The maximum atomic E-state index is 12.5. The van der Waals surface area contributed by atoms with Crippen LogP contribution in [0.15, 0.2) is 11.6 Å². The molecule has 0 amide bonds. The summed E-state index contributed by atoms with van der Waals surface area (Å²) in [5.41, 5.74) is 12.5. The summed E-state index contributed by atoms with van der Waals surface area (Å²) in [4.78, 5) is 11.9. The van der Waals surface area contributed by atoms with E-state index in [1.54, 1.807) is 19.9 Å². The number of hydrogen-bond donors (Lipinski definition) is 6. The summed E-state index contributed by atoms with van der Waals surface area (Å²) < 4.78 is 29.6. The standard InChI is InChI=1S/C35H56N2O10/c1-16-25(36)27(39)28(40)31(44-16)47-30-26(37)17(2)45-32(29(30)41)46-20-7-10-33(3)19(14-20)5-6-23-22(33)8-11-34(4)21(9-12-35(23,34)42)18-13-24(38)43-15-18/h13,16-17,19-23,25-32,39-42H,5-12,14-15,36-37H2,1-4H3/t16?,17?,19-,20-,21?,22?,23+,25?,26?,27-,28?,29-,30?,31?,32?,33?,34?,35?/m0/s1. The zero-order chi connectivity index (χ0) is 33.6. The summed E-state index contributed by atoms with van der Waals surface area (Å²) in [6, 6.07) is -1.49. The quantitative estimate of drug-likeness (QED) is 0.182. The monoisotopic (exact) mass is 664 g/mol. The van der Waals surface area contributed by atoms with Crippen molar-refractivity contribution in [3.8, 4) is 0 Å². The molecule has 4 aliphatic carbocycles. The smallest absolute Gasteiger partial charge is 0.331 e. The van der Waals surface area contributed by atoms with Gasteiger partial charge < -0.3 is 55.6 Å². The van der Waals surface area contributed by atoms with Gasteiger partial charge in [-0.2, -0.15) is 0 Å². The van der Waals surface area contributed by atoms with Crippen LogP contribution in [0.5, 0.6) is 0 Å². The van der Waals surface area contributed by atoms with Crippen molar-refractivity contribution < 1.29 is 48.9 Å². The van der Waals surface area contributed by atoms with Crippen LogP contribution in [-0.4, -0.2) is 106 Å². The van der Waals surface area contributed by atoms with Crippen LogP contribution in [0.4, 0.5) is 0 Å². The van der Waals surface area contributed by atoms with Gasteiger partial charge in [-0.1, -0.05) is 13.8 Å². The van der Waals surface area contributed by atoms with Gasteiger partial charge in [0.2, 0.25) is 0 Å². The number of rotatable bonds is 5. The molecule has 4 saturated carbocycles. The van der Waals surface area contributed by atoms with Crippen LogP contribution in [-0.2, 0) is 28.5 Å². The molecule has 3 aliphatic heterocycles. The van der Waals surface area contributed by atoms with Gasteiger partial charge in [0, 0.05) is 11.5 Å². The van der Waals surface area contributed by atoms with Gasteiger partial charge in [-0.3, -0.25) is 0 Å². The molecule has 18 atom stereocenters. The second-order valence-corrected chi connectivity index (χ2v) is 16.5. The van der Waals surface area contributed by atoms with Gasteiger partial charge in [-0.15, -0.1) is 0 Å². The van der Waals surface area contributed by atoms with Crippen LogP contribution in [0.1, 0.15) is 85.5 Å². The number of carbonyl (C=O) groups is 1. The molecule has 7 aliphatic rings. The van der Waals surface area contributed by atoms with Crippen molar-refractivity contribution in [3.05, 3.63) is 11.6 Å². The van der Waals surface area contributed by atoms with E-state index < -0.39 is 66.9 Å². The molecule has 0 radical (unpaired) electrons. The van der Waals surface area contributed by atoms with Crippen LogP contribution < -0.4 is 11.5 Å². The molecule has 0 bridgehead atoms. The van der Waals surface area contributed by atoms with E-state index >= 15 is 0 Å². The molecule has 0 aromatic carbocycles. The van der Waals surface area contributed by atoms with Crippen LogP contribution >= 0.6 is 0 Å². The van der Waals surface area contributed by atoms with Crippen molar-refractivity contribution in [3.63, 3.8) is 0 Å². The molecule has 8 N–H and O–H groups in total. The normalized spacial score (nSPS) is 56.3. The van der Waals surface area contributed by atoms with E-state index in [9.17, 15) is 25.2 Å². The average Bonchev–Trinajstić information content (AvgIpc) is 3.58. The third kappa shape index (κ3) is 5.36. The molecule has 2 saturated heterocycles. The fourth-order valence-corrected chi connectivity index (χ4v) is 11.3. The number of esters is 1. The predicted octanol–water partition coefficient (Wildman–Crippen LogP) is 1.24. The molecule has 12 heteroatoms. The number of nitrogens with two attached hydrogens (primary N) is 2. The van der Waals surface area contributed by atoms with E-state index in [0.717, 1.165) is 63.4 Å². The number of carbonyl (C=O) groups excluding carboxylic acids is 1. The third-order valence-electron chi connectivity index (χ3n) is 14.4. The number of ether oxygens (including phenoxy) is 5. The number of aliphatic hydroxyl groups excluding tert-OH is 3. The van der Waals surface area contributed by atoms with E-state index in [1.165, 1.54) is 0 Å². The summed E-state index contributed by atoms with van der Waals surface area (Å²) in [6.07, 6.45) is 1.69. The lowest BCUT2D eigenvalue weighted by molar-refractivity contribution is -0.337. The summed E-state index contributed by atoms with van der Waals surface area (Å²) in [5, 5.41) is 44.9. The average molecular weight is 665 g/mol. The zero-order valence-corrected chi connectivity index (χ0v) is 28.2. The van der Waals surface area contributed by atoms with E-state index in [4.69, 9.17) is 35.2 Å². The van der Waals surface area contributed by atoms with Crippen molar-refractivity contribution in [2.75, 3.05) is 6.61 Å². The van der Waals surface area contributed by atoms with Crippen molar-refractivity contribution in [2.24, 2.45) is 46.0 Å². The second kappa shape index (κ2) is 12.2. The van der Waals surface area contributed by atoms with E-state index in [1.807, 2.05) is 0 Å². The van der Waals surface area contributed by atoms with Crippen LogP contribution in [0.3, 0.4) is 0 Å². The number of fused-ring (bicyclic) bond motifs is 5. The van der Waals surface area contributed by atoms with E-state index in [-0.39, 0.29) is 34.7 Å². The minimum Gasteiger partial charge on any atom is -0.458 e. The van der Waals surface area contributed by atoms with Gasteiger partial charge in [0.15, 0.2) is 12.6 Å². The minimum absolute atomic E-state index is 0.0732. The lowest BCUT2D eigenvalue weighted by Gasteiger charge is -2.64. The maximum absolute atomic E-state index is 12.5.